The van der Waals surface area contributed by atoms with Gasteiger partial charge in [-0.25, -0.2) is 14.8 Å². The summed E-state index contributed by atoms with van der Waals surface area (Å²) in [5, 5.41) is 7.06. The summed E-state index contributed by atoms with van der Waals surface area (Å²) in [4.78, 5) is 42.3. The van der Waals surface area contributed by atoms with Gasteiger partial charge in [0.15, 0.2) is 5.82 Å². The molecule has 0 saturated carbocycles. The number of alkyl carbamates (subject to hydrolysis) is 1. The predicted octanol–water partition coefficient (Wildman–Crippen LogP) is 4.01. The Balaban J connectivity index is 1.62. The second kappa shape index (κ2) is 10.4. The van der Waals surface area contributed by atoms with Crippen molar-refractivity contribution >= 4 is 39.4 Å². The number of thiophene rings is 1. The van der Waals surface area contributed by atoms with Gasteiger partial charge < -0.3 is 20.3 Å². The van der Waals surface area contributed by atoms with Gasteiger partial charge in [-0.2, -0.15) is 0 Å². The smallest absolute Gasteiger partial charge is 0.407 e. The summed E-state index contributed by atoms with van der Waals surface area (Å²) >= 11 is 1.61. The van der Waals surface area contributed by atoms with Crippen LogP contribution in [0.25, 0.3) is 21.6 Å². The fraction of sp³-hybridized carbons (Fsp3) is 0.400. The Morgan fingerprint density at radius 3 is 2.71 bits per heavy atom. The zero-order valence-corrected chi connectivity index (χ0v) is 21.1. The number of nitrogens with zero attached hydrogens (tertiary/aromatic N) is 4. The van der Waals surface area contributed by atoms with E-state index in [-0.39, 0.29) is 12.5 Å². The van der Waals surface area contributed by atoms with Gasteiger partial charge in [-0.3, -0.25) is 9.78 Å². The molecule has 0 bridgehead atoms. The fourth-order valence-electron chi connectivity index (χ4n) is 3.93. The third-order valence-electron chi connectivity index (χ3n) is 5.59. The van der Waals surface area contributed by atoms with Crippen LogP contribution >= 0.6 is 11.3 Å². The first kappa shape index (κ1) is 24.6. The number of amides is 2. The molecule has 3 aromatic heterocycles. The minimum Gasteiger partial charge on any atom is -0.445 e. The number of fused-ring (bicyclic) bond motifs is 3. The van der Waals surface area contributed by atoms with Crippen molar-refractivity contribution in [2.45, 2.75) is 33.7 Å². The number of nitrogens with one attached hydrogen (secondary N) is 2. The van der Waals surface area contributed by atoms with Crippen molar-refractivity contribution in [1.29, 1.82) is 0 Å². The Hall–Kier alpha value is -3.53. The largest absolute Gasteiger partial charge is 0.445 e. The molecule has 0 spiro atoms. The summed E-state index contributed by atoms with van der Waals surface area (Å²) in [7, 11) is 0. The monoisotopic (exact) mass is 494 g/mol. The molecule has 0 aliphatic carbocycles. The van der Waals surface area contributed by atoms with Gasteiger partial charge in [-0.15, -0.1) is 11.3 Å². The zero-order valence-electron chi connectivity index (χ0n) is 20.3. The van der Waals surface area contributed by atoms with Crippen molar-refractivity contribution in [3.8, 4) is 11.4 Å². The van der Waals surface area contributed by atoms with Crippen molar-refractivity contribution in [3.05, 3.63) is 47.6 Å². The summed E-state index contributed by atoms with van der Waals surface area (Å²) in [5.41, 5.74) is 1.63. The van der Waals surface area contributed by atoms with E-state index in [1.807, 2.05) is 37.8 Å². The van der Waals surface area contributed by atoms with Gasteiger partial charge in [0.25, 0.3) is 0 Å². The molecule has 0 fully saturated rings. The maximum Gasteiger partial charge on any atom is 0.407 e. The molecule has 10 heteroatoms. The molecular formula is C25H30N6O3S. The minimum absolute atomic E-state index is 0.150. The van der Waals surface area contributed by atoms with E-state index >= 15 is 0 Å². The van der Waals surface area contributed by atoms with Gasteiger partial charge in [0, 0.05) is 47.9 Å². The van der Waals surface area contributed by atoms with Crippen LogP contribution in [-0.2, 0) is 22.5 Å². The molecule has 1 aliphatic rings. The van der Waals surface area contributed by atoms with E-state index in [2.05, 4.69) is 22.2 Å². The standard InChI is InChI=1S/C25H30N6O3S/c1-5-14-34-24(33)28-12-11-27-21-19-17-8-13-31(23(32)25(2,3)4)15-18(17)35-22(19)30-20(29-21)16-6-9-26-10-7-16/h5-7,9-10H,1,8,11-15H2,2-4H3,(H,28,33)(H,27,29,30). The number of ether oxygens (including phenoxy) is 1. The molecule has 4 heterocycles. The van der Waals surface area contributed by atoms with Gasteiger partial charge in [-0.05, 0) is 24.1 Å². The number of aromatic nitrogens is 3. The van der Waals surface area contributed by atoms with Crippen molar-refractivity contribution in [3.63, 3.8) is 0 Å². The van der Waals surface area contributed by atoms with E-state index in [1.165, 1.54) is 11.6 Å². The number of carbonyl (C=O) groups excluding carboxylic acids is 2. The lowest BCUT2D eigenvalue weighted by molar-refractivity contribution is -0.140. The molecule has 184 valence electrons. The van der Waals surface area contributed by atoms with Crippen molar-refractivity contribution in [2.24, 2.45) is 5.41 Å². The first-order valence-corrected chi connectivity index (χ1v) is 12.4. The lowest BCUT2D eigenvalue weighted by Gasteiger charge is -2.32. The van der Waals surface area contributed by atoms with Crippen LogP contribution in [0.2, 0.25) is 0 Å². The van der Waals surface area contributed by atoms with Crippen LogP contribution < -0.4 is 10.6 Å². The van der Waals surface area contributed by atoms with Crippen LogP contribution in [0.15, 0.2) is 37.2 Å². The normalized spacial score (nSPS) is 13.3. The van der Waals surface area contributed by atoms with E-state index in [0.29, 0.717) is 32.0 Å². The Morgan fingerprint density at radius 2 is 2.00 bits per heavy atom. The molecular weight excluding hydrogens is 464 g/mol. The highest BCUT2D eigenvalue weighted by molar-refractivity contribution is 7.19. The maximum absolute atomic E-state index is 12.9. The van der Waals surface area contributed by atoms with E-state index in [0.717, 1.165) is 32.9 Å². The molecule has 3 aromatic rings. The lowest BCUT2D eigenvalue weighted by Crippen LogP contribution is -2.42. The second-order valence-corrected chi connectivity index (χ2v) is 10.4. The predicted molar refractivity (Wildman–Crippen MR) is 137 cm³/mol. The molecule has 0 aromatic carbocycles. The molecule has 9 nitrogen and oxygen atoms in total. The van der Waals surface area contributed by atoms with Gasteiger partial charge in [0.1, 0.15) is 17.3 Å². The Labute approximate surface area is 208 Å². The number of hydrogen-bond acceptors (Lipinski definition) is 8. The van der Waals surface area contributed by atoms with Crippen molar-refractivity contribution < 1.29 is 14.3 Å². The maximum atomic E-state index is 12.9. The molecule has 0 radical (unpaired) electrons. The third kappa shape index (κ3) is 5.59. The van der Waals surface area contributed by atoms with Crippen molar-refractivity contribution in [2.75, 3.05) is 31.6 Å². The highest BCUT2D eigenvalue weighted by Gasteiger charge is 2.32. The fourth-order valence-corrected chi connectivity index (χ4v) is 5.17. The summed E-state index contributed by atoms with van der Waals surface area (Å²) in [6, 6.07) is 3.75. The van der Waals surface area contributed by atoms with Crippen LogP contribution in [-0.4, -0.2) is 58.1 Å². The highest BCUT2D eigenvalue weighted by Crippen LogP contribution is 2.39. The summed E-state index contributed by atoms with van der Waals surface area (Å²) in [6.07, 6.45) is 5.20. The van der Waals surface area contributed by atoms with Gasteiger partial charge in [0.05, 0.1) is 11.9 Å². The molecule has 0 unspecified atom stereocenters. The SMILES string of the molecule is C=CCOC(=O)NCCNc1nc(-c2ccncc2)nc2sc3c(c12)CCN(C(=O)C(C)(C)C)C3. The van der Waals surface area contributed by atoms with Crippen LogP contribution in [0.4, 0.5) is 10.6 Å². The highest BCUT2D eigenvalue weighted by atomic mass is 32.1. The van der Waals surface area contributed by atoms with E-state index < -0.39 is 11.5 Å². The van der Waals surface area contributed by atoms with Crippen LogP contribution in [0.5, 0.6) is 0 Å². The molecule has 0 atom stereocenters. The molecule has 1 aliphatic heterocycles. The van der Waals surface area contributed by atoms with E-state index in [9.17, 15) is 9.59 Å². The Morgan fingerprint density at radius 1 is 1.23 bits per heavy atom. The number of rotatable bonds is 7. The summed E-state index contributed by atoms with van der Waals surface area (Å²) in [5.74, 6) is 1.47. The van der Waals surface area contributed by atoms with Gasteiger partial charge >= 0.3 is 6.09 Å². The quantitative estimate of drug-likeness (QED) is 0.377. The van der Waals surface area contributed by atoms with E-state index in [4.69, 9.17) is 14.7 Å². The second-order valence-electron chi connectivity index (χ2n) is 9.28. The minimum atomic E-state index is -0.492. The Bertz CT molecular complexity index is 1240. The number of hydrogen-bond donors (Lipinski definition) is 2. The van der Waals surface area contributed by atoms with Crippen molar-refractivity contribution in [1.82, 2.24) is 25.2 Å². The first-order chi connectivity index (χ1) is 16.8. The average Bonchev–Trinajstić information content (AvgIpc) is 3.22. The number of pyridine rings is 1. The third-order valence-corrected chi connectivity index (χ3v) is 6.70. The molecule has 4 rings (SSSR count). The van der Waals surface area contributed by atoms with Crippen LogP contribution in [0.1, 0.15) is 31.2 Å². The first-order valence-electron chi connectivity index (χ1n) is 11.6. The number of anilines is 1. The van der Waals surface area contributed by atoms with Crippen LogP contribution in [0.3, 0.4) is 0 Å². The molecule has 2 N–H and O–H groups in total. The summed E-state index contributed by atoms with van der Waals surface area (Å²) in [6.45, 7) is 11.6. The molecule has 2 amide bonds. The molecule has 0 saturated heterocycles. The Kier molecular flexibility index (Phi) is 7.30. The topological polar surface area (TPSA) is 109 Å². The van der Waals surface area contributed by atoms with E-state index in [1.54, 1.807) is 23.7 Å². The molecule has 35 heavy (non-hydrogen) atoms. The lowest BCUT2D eigenvalue weighted by atomic mass is 9.93. The number of carbonyl (C=O) groups is 2. The van der Waals surface area contributed by atoms with Gasteiger partial charge in [0.2, 0.25) is 5.91 Å². The van der Waals surface area contributed by atoms with Crippen LogP contribution in [0, 0.1) is 5.41 Å². The van der Waals surface area contributed by atoms with Gasteiger partial charge in [-0.1, -0.05) is 33.4 Å². The zero-order chi connectivity index (χ0) is 25.0. The average molecular weight is 495 g/mol. The summed E-state index contributed by atoms with van der Waals surface area (Å²) < 4.78 is 4.95.